The third-order valence-electron chi connectivity index (χ3n) is 0.377. The summed E-state index contributed by atoms with van der Waals surface area (Å²) in [5, 5.41) is 0. The van der Waals surface area contributed by atoms with Crippen LogP contribution in [0.3, 0.4) is 0 Å². The third-order valence-corrected chi connectivity index (χ3v) is 0.896. The Morgan fingerprint density at radius 3 is 2.11 bits per heavy atom. The summed E-state index contributed by atoms with van der Waals surface area (Å²) in [4.78, 5) is 16.0. The molecule has 0 saturated heterocycles. The number of hydrogen-bond acceptors (Lipinski definition) is 3. The van der Waals surface area contributed by atoms with Crippen molar-refractivity contribution < 1.29 is 18.9 Å². The zero-order chi connectivity index (χ0) is 6.62. The molecule has 0 amide bonds. The maximum absolute atomic E-state index is 9.81. The zero-order valence-electron chi connectivity index (χ0n) is 4.15. The van der Waals surface area contributed by atoms with Crippen molar-refractivity contribution in [2.24, 2.45) is 5.73 Å². The summed E-state index contributed by atoms with van der Waals surface area (Å²) in [6.07, 6.45) is 0. The first-order valence-electron chi connectivity index (χ1n) is 1.96. The van der Waals surface area contributed by atoms with Crippen molar-refractivity contribution in [2.75, 3.05) is 13.2 Å². The van der Waals surface area contributed by atoms with Crippen molar-refractivity contribution in [3.8, 4) is 0 Å². The Morgan fingerprint density at radius 2 is 2.00 bits per heavy atom. The van der Waals surface area contributed by atoms with Crippen LogP contribution in [0.4, 0.5) is 0 Å². The first-order chi connectivity index (χ1) is 3.56. The van der Waals surface area contributed by atoms with E-state index in [9.17, 15) is 4.57 Å². The molecule has 0 saturated carbocycles. The van der Waals surface area contributed by atoms with Gasteiger partial charge in [-0.3, -0.25) is 4.52 Å². The molecule has 4 N–H and O–H groups in total. The molecule has 0 radical (unpaired) electrons. The Morgan fingerprint density at radius 1 is 1.56 bits per heavy atom. The molecule has 0 aromatic rings. The third kappa shape index (κ3) is 12.8. The number of nitrogens with two attached hydrogens (primary N) is 1. The van der Waals surface area contributed by atoms with E-state index >= 15 is 0 Å². The minimum atomic E-state index is -4.26. The van der Waals surface area contributed by atoms with E-state index in [-0.39, 0.29) is 64.5 Å². The average molecular weight is 181 g/mol. The van der Waals surface area contributed by atoms with Crippen LogP contribution in [0.15, 0.2) is 0 Å². The van der Waals surface area contributed by atoms with Crippen molar-refractivity contribution in [2.45, 2.75) is 0 Å². The second kappa shape index (κ2) is 6.42. The Labute approximate surface area is 95.6 Å². The number of phosphoric ester groups is 1. The Bertz CT molecular complexity index is 103. The standard InChI is InChI=1S/C2H8NO4P.K.H/c3-1-2-7-8(4,5)6;;/h1-3H2,(H2,4,5,6);;. The van der Waals surface area contributed by atoms with Crippen molar-refractivity contribution in [3.63, 3.8) is 0 Å². The van der Waals surface area contributed by atoms with E-state index < -0.39 is 7.82 Å². The van der Waals surface area contributed by atoms with Gasteiger partial charge in [0.25, 0.3) is 0 Å². The molecule has 0 aliphatic heterocycles. The van der Waals surface area contributed by atoms with Gasteiger partial charge in [-0.25, -0.2) is 4.57 Å². The molecule has 9 heavy (non-hydrogen) atoms. The van der Waals surface area contributed by atoms with Gasteiger partial charge in [-0.1, -0.05) is 0 Å². The molecule has 0 aliphatic rings. The first kappa shape index (κ1) is 13.3. The van der Waals surface area contributed by atoms with Gasteiger partial charge in [-0.05, 0) is 0 Å². The predicted octanol–water partition coefficient (Wildman–Crippen LogP) is -1.59. The molecule has 0 spiro atoms. The van der Waals surface area contributed by atoms with Gasteiger partial charge in [0.15, 0.2) is 0 Å². The van der Waals surface area contributed by atoms with E-state index in [4.69, 9.17) is 15.5 Å². The number of phosphoric acid groups is 1. The molecule has 52 valence electrons. The SMILES string of the molecule is NCCOP(=O)(O)O.[KH]. The molecule has 0 atom stereocenters. The second-order valence-electron chi connectivity index (χ2n) is 1.11. The Hall–Kier alpha value is 1.71. The van der Waals surface area contributed by atoms with Crippen LogP contribution in [0.5, 0.6) is 0 Å². The molecule has 0 aromatic carbocycles. The van der Waals surface area contributed by atoms with Gasteiger partial charge in [-0.2, -0.15) is 0 Å². The summed E-state index contributed by atoms with van der Waals surface area (Å²) in [5.41, 5.74) is 4.87. The monoisotopic (exact) mass is 181 g/mol. The molecule has 0 unspecified atom stereocenters. The van der Waals surface area contributed by atoms with Gasteiger partial charge in [0.1, 0.15) is 0 Å². The maximum atomic E-state index is 9.81. The summed E-state index contributed by atoms with van der Waals surface area (Å²) < 4.78 is 13.7. The number of rotatable bonds is 3. The zero-order valence-corrected chi connectivity index (χ0v) is 5.04. The van der Waals surface area contributed by atoms with E-state index in [1.165, 1.54) is 0 Å². The molecular formula is C2H9KNO4P. The summed E-state index contributed by atoms with van der Waals surface area (Å²) >= 11 is 0. The van der Waals surface area contributed by atoms with E-state index in [2.05, 4.69) is 4.52 Å². The topological polar surface area (TPSA) is 92.8 Å². The van der Waals surface area contributed by atoms with Crippen LogP contribution in [0.1, 0.15) is 0 Å². The quantitative estimate of drug-likeness (QED) is 0.360. The van der Waals surface area contributed by atoms with Gasteiger partial charge >= 0.3 is 59.2 Å². The van der Waals surface area contributed by atoms with Crippen LogP contribution in [0.2, 0.25) is 0 Å². The van der Waals surface area contributed by atoms with E-state index in [1.54, 1.807) is 0 Å². The molecule has 0 aliphatic carbocycles. The molecule has 0 bridgehead atoms. The van der Waals surface area contributed by atoms with Crippen molar-refractivity contribution >= 4 is 59.2 Å². The Balaban J connectivity index is 0. The fourth-order valence-corrected chi connectivity index (χ4v) is 0.515. The molecule has 0 fully saturated rings. The summed E-state index contributed by atoms with van der Waals surface area (Å²) in [7, 11) is -4.26. The van der Waals surface area contributed by atoms with Gasteiger partial charge < -0.3 is 15.5 Å². The average Bonchev–Trinajstić information content (AvgIpc) is 1.59. The molecular weight excluding hydrogens is 172 g/mol. The van der Waals surface area contributed by atoms with Gasteiger partial charge in [0, 0.05) is 6.54 Å². The van der Waals surface area contributed by atoms with Crippen LogP contribution >= 0.6 is 7.82 Å². The van der Waals surface area contributed by atoms with Gasteiger partial charge in [0.2, 0.25) is 0 Å². The van der Waals surface area contributed by atoms with Crippen LogP contribution in [-0.4, -0.2) is 74.3 Å². The van der Waals surface area contributed by atoms with E-state index in [1.807, 2.05) is 0 Å². The molecule has 7 heteroatoms. The summed E-state index contributed by atoms with van der Waals surface area (Å²) in [6.45, 7) is 0.00931. The van der Waals surface area contributed by atoms with Crippen LogP contribution in [0.25, 0.3) is 0 Å². The van der Waals surface area contributed by atoms with Gasteiger partial charge in [0.05, 0.1) is 6.61 Å². The van der Waals surface area contributed by atoms with Crippen LogP contribution in [-0.2, 0) is 9.09 Å². The molecule has 0 rings (SSSR count). The van der Waals surface area contributed by atoms with Crippen molar-refractivity contribution in [1.29, 1.82) is 0 Å². The van der Waals surface area contributed by atoms with E-state index in [0.717, 1.165) is 0 Å². The second-order valence-corrected chi connectivity index (χ2v) is 2.35. The van der Waals surface area contributed by atoms with E-state index in [0.29, 0.717) is 0 Å². The normalized spacial score (nSPS) is 10.6. The summed E-state index contributed by atoms with van der Waals surface area (Å²) in [6, 6.07) is 0. The van der Waals surface area contributed by atoms with Crippen molar-refractivity contribution in [3.05, 3.63) is 0 Å². The van der Waals surface area contributed by atoms with Crippen LogP contribution < -0.4 is 5.73 Å². The molecule has 0 aromatic heterocycles. The Kier molecular flexibility index (Phi) is 9.49. The van der Waals surface area contributed by atoms with Crippen LogP contribution in [0, 0.1) is 0 Å². The fraction of sp³-hybridized carbons (Fsp3) is 1.00. The number of hydrogen-bond donors (Lipinski definition) is 3. The molecule has 0 heterocycles. The first-order valence-corrected chi connectivity index (χ1v) is 3.49. The summed E-state index contributed by atoms with van der Waals surface area (Å²) in [5.74, 6) is 0. The molecule has 5 nitrogen and oxygen atoms in total. The predicted molar refractivity (Wildman–Crippen MR) is 34.2 cm³/mol. The van der Waals surface area contributed by atoms with Gasteiger partial charge in [-0.15, -0.1) is 0 Å². The fourth-order valence-electron chi connectivity index (χ4n) is 0.172. The van der Waals surface area contributed by atoms with Crippen molar-refractivity contribution in [1.82, 2.24) is 0 Å². The minimum absolute atomic E-state index is 0.